The second-order valence-electron chi connectivity index (χ2n) is 7.46. The molecule has 0 radical (unpaired) electrons. The number of nitriles is 1. The van der Waals surface area contributed by atoms with Crippen molar-refractivity contribution in [3.8, 4) is 17.3 Å². The average molecular weight is 397 g/mol. The molecule has 1 saturated carbocycles. The molecule has 144 valence electrons. The minimum absolute atomic E-state index is 0.590. The summed E-state index contributed by atoms with van der Waals surface area (Å²) in [4.78, 5) is 4.71. The molecule has 1 aromatic heterocycles. The van der Waals surface area contributed by atoms with Crippen LogP contribution in [0.25, 0.3) is 22.9 Å². The molecule has 1 aliphatic carbocycles. The highest BCUT2D eigenvalue weighted by Gasteiger charge is 2.15. The van der Waals surface area contributed by atoms with Crippen LogP contribution in [0.3, 0.4) is 0 Å². The van der Waals surface area contributed by atoms with Crippen LogP contribution in [-0.4, -0.2) is 4.98 Å². The Morgan fingerprint density at radius 3 is 2.48 bits per heavy atom. The summed E-state index contributed by atoms with van der Waals surface area (Å²) in [6.45, 7) is 0. The van der Waals surface area contributed by atoms with Crippen molar-refractivity contribution in [1.29, 1.82) is 5.26 Å². The van der Waals surface area contributed by atoms with Gasteiger partial charge in [0.15, 0.2) is 0 Å². The highest BCUT2D eigenvalue weighted by molar-refractivity contribution is 7.11. The molecule has 29 heavy (non-hydrogen) atoms. The molecule has 0 spiro atoms. The van der Waals surface area contributed by atoms with E-state index in [4.69, 9.17) is 4.98 Å². The molecule has 1 fully saturated rings. The first-order valence-electron chi connectivity index (χ1n) is 10.2. The largest absolute Gasteiger partial charge is 0.235 e. The van der Waals surface area contributed by atoms with Crippen molar-refractivity contribution in [3.05, 3.63) is 88.3 Å². The zero-order chi connectivity index (χ0) is 19.9. The molecule has 2 aromatic carbocycles. The van der Waals surface area contributed by atoms with E-state index in [1.807, 2.05) is 53.9 Å². The summed E-state index contributed by atoms with van der Waals surface area (Å²) in [5, 5.41) is 12.4. The van der Waals surface area contributed by atoms with E-state index in [1.165, 1.54) is 49.0 Å². The molecule has 3 aromatic rings. The Kier molecular flexibility index (Phi) is 6.34. The molecule has 1 heterocycles. The fraction of sp³-hybridized carbons (Fsp3) is 0.231. The summed E-state index contributed by atoms with van der Waals surface area (Å²) in [7, 11) is 0. The van der Waals surface area contributed by atoms with Crippen molar-refractivity contribution >= 4 is 23.0 Å². The molecule has 3 heteroatoms. The van der Waals surface area contributed by atoms with Gasteiger partial charge >= 0.3 is 0 Å². The molecule has 0 unspecified atom stereocenters. The second kappa shape index (κ2) is 9.49. The number of benzene rings is 2. The van der Waals surface area contributed by atoms with E-state index in [0.717, 1.165) is 21.8 Å². The molecule has 4 rings (SSSR count). The van der Waals surface area contributed by atoms with Crippen molar-refractivity contribution in [1.82, 2.24) is 4.98 Å². The minimum atomic E-state index is 0.590. The molecule has 0 N–H and O–H groups in total. The first kappa shape index (κ1) is 19.4. The van der Waals surface area contributed by atoms with Gasteiger partial charge in [-0.25, -0.2) is 4.98 Å². The third-order valence-electron chi connectivity index (χ3n) is 5.49. The van der Waals surface area contributed by atoms with Gasteiger partial charge < -0.3 is 0 Å². The second-order valence-corrected chi connectivity index (χ2v) is 8.31. The van der Waals surface area contributed by atoms with Crippen LogP contribution in [0.15, 0.2) is 72.1 Å². The average Bonchev–Trinajstić information content (AvgIpc) is 3.28. The SMILES string of the molecule is N#C/C(=C\C=C\c1ccccc1)c1nc(-c2ccc(C3CCCCC3)cc2)cs1. The van der Waals surface area contributed by atoms with Crippen LogP contribution in [-0.2, 0) is 0 Å². The zero-order valence-corrected chi connectivity index (χ0v) is 17.2. The Labute approximate surface area is 176 Å². The fourth-order valence-electron chi connectivity index (χ4n) is 3.87. The fourth-order valence-corrected chi connectivity index (χ4v) is 4.67. The van der Waals surface area contributed by atoms with E-state index in [1.54, 1.807) is 0 Å². The number of nitrogens with zero attached hydrogens (tertiary/aromatic N) is 2. The number of hydrogen-bond acceptors (Lipinski definition) is 3. The van der Waals surface area contributed by atoms with Crippen LogP contribution in [0.1, 0.15) is 54.2 Å². The van der Waals surface area contributed by atoms with Crippen molar-refractivity contribution in [2.45, 2.75) is 38.0 Å². The third kappa shape index (κ3) is 4.91. The summed E-state index contributed by atoms with van der Waals surface area (Å²) in [6, 6.07) is 21.2. The zero-order valence-electron chi connectivity index (χ0n) is 16.4. The molecule has 0 amide bonds. The number of allylic oxidation sites excluding steroid dienone is 3. The Balaban J connectivity index is 1.48. The number of rotatable bonds is 5. The predicted molar refractivity (Wildman–Crippen MR) is 122 cm³/mol. The van der Waals surface area contributed by atoms with Crippen LogP contribution in [0.2, 0.25) is 0 Å². The summed E-state index contributed by atoms with van der Waals surface area (Å²) in [5.74, 6) is 0.716. The lowest BCUT2D eigenvalue weighted by Crippen LogP contribution is -2.04. The molecular weight excluding hydrogens is 372 g/mol. The lowest BCUT2D eigenvalue weighted by molar-refractivity contribution is 0.443. The van der Waals surface area contributed by atoms with E-state index >= 15 is 0 Å². The molecule has 0 aliphatic heterocycles. The van der Waals surface area contributed by atoms with Gasteiger partial charge in [-0.2, -0.15) is 5.26 Å². The Bertz CT molecular complexity index is 1030. The summed E-state index contributed by atoms with van der Waals surface area (Å²) >= 11 is 1.52. The number of thiazole rings is 1. The first-order valence-corrected chi connectivity index (χ1v) is 11.1. The Morgan fingerprint density at radius 2 is 1.76 bits per heavy atom. The highest BCUT2D eigenvalue weighted by Crippen LogP contribution is 2.34. The van der Waals surface area contributed by atoms with Crippen LogP contribution < -0.4 is 0 Å². The van der Waals surface area contributed by atoms with Crippen LogP contribution >= 0.6 is 11.3 Å². The van der Waals surface area contributed by atoms with Gasteiger partial charge in [0.05, 0.1) is 11.3 Å². The van der Waals surface area contributed by atoms with E-state index in [0.29, 0.717) is 11.5 Å². The summed E-state index contributed by atoms with van der Waals surface area (Å²) in [5.41, 5.74) is 5.20. The Morgan fingerprint density at radius 1 is 1.00 bits per heavy atom. The normalized spacial score (nSPS) is 15.5. The third-order valence-corrected chi connectivity index (χ3v) is 6.36. The number of aromatic nitrogens is 1. The van der Waals surface area contributed by atoms with Gasteiger partial charge in [0.25, 0.3) is 0 Å². The van der Waals surface area contributed by atoms with Crippen molar-refractivity contribution < 1.29 is 0 Å². The maximum atomic E-state index is 9.55. The summed E-state index contributed by atoms with van der Waals surface area (Å²) < 4.78 is 0. The molecular formula is C26H24N2S. The topological polar surface area (TPSA) is 36.7 Å². The van der Waals surface area contributed by atoms with Gasteiger partial charge in [0.1, 0.15) is 11.1 Å². The first-order chi connectivity index (χ1) is 14.3. The van der Waals surface area contributed by atoms with Gasteiger partial charge in [0, 0.05) is 10.9 Å². The van der Waals surface area contributed by atoms with Gasteiger partial charge in [-0.15, -0.1) is 11.3 Å². The van der Waals surface area contributed by atoms with Gasteiger partial charge in [-0.1, -0.05) is 86.0 Å². The maximum absolute atomic E-state index is 9.55. The number of hydrogen-bond donors (Lipinski definition) is 0. The van der Waals surface area contributed by atoms with E-state index in [9.17, 15) is 5.26 Å². The predicted octanol–water partition coefficient (Wildman–Crippen LogP) is 7.48. The smallest absolute Gasteiger partial charge is 0.134 e. The quantitative estimate of drug-likeness (QED) is 0.331. The molecule has 0 saturated heterocycles. The van der Waals surface area contributed by atoms with Gasteiger partial charge in [-0.05, 0) is 36.0 Å². The summed E-state index contributed by atoms with van der Waals surface area (Å²) in [6.07, 6.45) is 12.4. The minimum Gasteiger partial charge on any atom is -0.235 e. The molecule has 1 aliphatic rings. The Hall–Kier alpha value is -2.96. The molecule has 2 nitrogen and oxygen atoms in total. The lowest BCUT2D eigenvalue weighted by atomic mass is 9.84. The van der Waals surface area contributed by atoms with E-state index < -0.39 is 0 Å². The molecule has 0 atom stereocenters. The molecule has 0 bridgehead atoms. The lowest BCUT2D eigenvalue weighted by Gasteiger charge is -2.22. The van der Waals surface area contributed by atoms with Crippen molar-refractivity contribution in [3.63, 3.8) is 0 Å². The van der Waals surface area contributed by atoms with Crippen LogP contribution in [0, 0.1) is 11.3 Å². The van der Waals surface area contributed by atoms with Crippen molar-refractivity contribution in [2.75, 3.05) is 0 Å². The highest BCUT2D eigenvalue weighted by atomic mass is 32.1. The van der Waals surface area contributed by atoms with E-state index in [-0.39, 0.29) is 0 Å². The van der Waals surface area contributed by atoms with Gasteiger partial charge in [-0.3, -0.25) is 0 Å². The van der Waals surface area contributed by atoms with Crippen LogP contribution in [0.4, 0.5) is 0 Å². The standard InChI is InChI=1S/C26H24N2S/c27-18-24(13-7-10-20-8-3-1-4-9-20)26-28-25(19-29-26)23-16-14-22(15-17-23)21-11-5-2-6-12-21/h1,3-4,7-10,13-17,19,21H,2,5-6,11-12H2/b10-7+,24-13+. The van der Waals surface area contributed by atoms with Crippen molar-refractivity contribution in [2.24, 2.45) is 0 Å². The maximum Gasteiger partial charge on any atom is 0.134 e. The van der Waals surface area contributed by atoms with Gasteiger partial charge in [0.2, 0.25) is 0 Å². The van der Waals surface area contributed by atoms with Crippen LogP contribution in [0.5, 0.6) is 0 Å². The van der Waals surface area contributed by atoms with E-state index in [2.05, 4.69) is 30.3 Å². The monoisotopic (exact) mass is 396 g/mol.